The van der Waals surface area contributed by atoms with Crippen LogP contribution in [0.1, 0.15) is 64.2 Å². The summed E-state index contributed by atoms with van der Waals surface area (Å²) in [7, 11) is 0. The van der Waals surface area contributed by atoms with E-state index in [2.05, 4.69) is 5.32 Å². The summed E-state index contributed by atoms with van der Waals surface area (Å²) in [5.74, 6) is -0.915. The van der Waals surface area contributed by atoms with Crippen LogP contribution in [0.5, 0.6) is 0 Å². The van der Waals surface area contributed by atoms with Crippen molar-refractivity contribution in [2.24, 2.45) is 5.41 Å². The van der Waals surface area contributed by atoms with Gasteiger partial charge in [-0.25, -0.2) is 0 Å². The summed E-state index contributed by atoms with van der Waals surface area (Å²) in [5, 5.41) is 21.4. The highest BCUT2D eigenvalue weighted by atomic mass is 16.4. The smallest absolute Gasteiger partial charge is 0.303 e. The number of rotatable bonds is 6. The number of carbonyl (C=O) groups is 2. The lowest BCUT2D eigenvalue weighted by Gasteiger charge is -2.42. The molecule has 0 unspecified atom stereocenters. The van der Waals surface area contributed by atoms with Gasteiger partial charge in [-0.15, -0.1) is 0 Å². The molecule has 0 atom stereocenters. The van der Waals surface area contributed by atoms with Gasteiger partial charge in [0.2, 0.25) is 5.91 Å². The first-order chi connectivity index (χ1) is 9.49. The number of carboxylic acid groups (broad SMARTS) is 1. The number of carboxylic acids is 1. The molecule has 114 valence electrons. The Morgan fingerprint density at radius 1 is 0.950 bits per heavy atom. The molecule has 0 aromatic heterocycles. The average Bonchev–Trinajstić information content (AvgIpc) is 2.33. The summed E-state index contributed by atoms with van der Waals surface area (Å²) >= 11 is 0. The van der Waals surface area contributed by atoms with Crippen molar-refractivity contribution in [3.05, 3.63) is 0 Å². The maximum atomic E-state index is 12.3. The van der Waals surface area contributed by atoms with Crippen molar-refractivity contribution in [2.75, 3.05) is 6.61 Å². The first kappa shape index (κ1) is 15.3. The maximum Gasteiger partial charge on any atom is 0.303 e. The molecule has 0 saturated heterocycles. The van der Waals surface area contributed by atoms with Gasteiger partial charge in [0.15, 0.2) is 0 Å². The second-order valence-corrected chi connectivity index (χ2v) is 6.65. The molecule has 0 spiro atoms. The Labute approximate surface area is 119 Å². The summed E-state index contributed by atoms with van der Waals surface area (Å²) in [6, 6.07) is 0. The second kappa shape index (κ2) is 6.12. The molecule has 20 heavy (non-hydrogen) atoms. The zero-order valence-electron chi connectivity index (χ0n) is 12.0. The number of carbonyl (C=O) groups excluding carboxylic acids is 1. The Morgan fingerprint density at radius 2 is 1.60 bits per heavy atom. The largest absolute Gasteiger partial charge is 0.481 e. The standard InChI is InChI=1S/C15H25NO4/c17-11-15(7-4-8-15)16-12(18)9-14(10-13(19)20)5-2-1-3-6-14/h17H,1-11H2,(H,16,18)(H,19,20). The zero-order valence-corrected chi connectivity index (χ0v) is 12.0. The molecule has 5 heteroatoms. The maximum absolute atomic E-state index is 12.3. The van der Waals surface area contributed by atoms with Crippen LogP contribution in [0.25, 0.3) is 0 Å². The Balaban J connectivity index is 1.96. The third kappa shape index (κ3) is 3.51. The molecule has 3 N–H and O–H groups in total. The van der Waals surface area contributed by atoms with Crippen molar-refractivity contribution in [3.63, 3.8) is 0 Å². The van der Waals surface area contributed by atoms with Gasteiger partial charge in [0.25, 0.3) is 0 Å². The lowest BCUT2D eigenvalue weighted by molar-refractivity contribution is -0.141. The van der Waals surface area contributed by atoms with Gasteiger partial charge in [0, 0.05) is 6.42 Å². The van der Waals surface area contributed by atoms with Crippen molar-refractivity contribution in [1.29, 1.82) is 0 Å². The first-order valence-electron chi connectivity index (χ1n) is 7.63. The number of amides is 1. The van der Waals surface area contributed by atoms with E-state index in [1.165, 1.54) is 0 Å². The lowest BCUT2D eigenvalue weighted by Crippen LogP contribution is -2.56. The van der Waals surface area contributed by atoms with E-state index >= 15 is 0 Å². The minimum Gasteiger partial charge on any atom is -0.481 e. The summed E-state index contributed by atoms with van der Waals surface area (Å²) < 4.78 is 0. The molecule has 1 amide bonds. The molecule has 5 nitrogen and oxygen atoms in total. The van der Waals surface area contributed by atoms with Gasteiger partial charge in [0.05, 0.1) is 18.6 Å². The van der Waals surface area contributed by atoms with Crippen molar-refractivity contribution in [2.45, 2.75) is 69.7 Å². The van der Waals surface area contributed by atoms with Crippen molar-refractivity contribution in [1.82, 2.24) is 5.32 Å². The molecule has 0 heterocycles. The van der Waals surface area contributed by atoms with Crippen LogP contribution in [-0.2, 0) is 9.59 Å². The van der Waals surface area contributed by atoms with Crippen LogP contribution < -0.4 is 5.32 Å². The molecule has 0 aliphatic heterocycles. The van der Waals surface area contributed by atoms with Gasteiger partial charge in [-0.3, -0.25) is 9.59 Å². The SMILES string of the molecule is O=C(O)CC1(CC(=O)NC2(CO)CCC2)CCCCC1. The fraction of sp³-hybridized carbons (Fsp3) is 0.867. The van der Waals surface area contributed by atoms with Crippen LogP contribution in [0.4, 0.5) is 0 Å². The minimum atomic E-state index is -0.819. The third-order valence-electron chi connectivity index (χ3n) is 4.99. The van der Waals surface area contributed by atoms with Crippen LogP contribution in [0.3, 0.4) is 0 Å². The average molecular weight is 283 g/mol. The number of aliphatic hydroxyl groups is 1. The number of aliphatic hydroxyl groups excluding tert-OH is 1. The summed E-state index contributed by atoms with van der Waals surface area (Å²) in [6.07, 6.45) is 7.80. The molecule has 2 aliphatic rings. The Morgan fingerprint density at radius 3 is 2.05 bits per heavy atom. The summed E-state index contributed by atoms with van der Waals surface area (Å²) in [4.78, 5) is 23.3. The van der Waals surface area contributed by atoms with E-state index in [-0.39, 0.29) is 30.8 Å². The number of hydrogen-bond donors (Lipinski definition) is 3. The van der Waals surface area contributed by atoms with E-state index in [1.807, 2.05) is 0 Å². The zero-order chi connectivity index (χ0) is 14.6. The molecule has 0 aromatic rings. The molecule has 2 saturated carbocycles. The number of hydrogen-bond acceptors (Lipinski definition) is 3. The van der Waals surface area contributed by atoms with Gasteiger partial charge < -0.3 is 15.5 Å². The van der Waals surface area contributed by atoms with Gasteiger partial charge in [-0.1, -0.05) is 19.3 Å². The highest BCUT2D eigenvalue weighted by Crippen LogP contribution is 2.42. The van der Waals surface area contributed by atoms with E-state index in [4.69, 9.17) is 5.11 Å². The molecular formula is C15H25NO4. The number of aliphatic carboxylic acids is 1. The molecule has 0 radical (unpaired) electrons. The van der Waals surface area contributed by atoms with Crippen molar-refractivity contribution >= 4 is 11.9 Å². The predicted octanol–water partition coefficient (Wildman–Crippen LogP) is 1.83. The highest BCUT2D eigenvalue weighted by Gasteiger charge is 2.41. The molecule has 2 aliphatic carbocycles. The van der Waals surface area contributed by atoms with Crippen LogP contribution in [0.2, 0.25) is 0 Å². The fourth-order valence-electron chi connectivity index (χ4n) is 3.65. The van der Waals surface area contributed by atoms with Crippen LogP contribution >= 0.6 is 0 Å². The molecule has 2 fully saturated rings. The Bertz CT molecular complexity index is 365. The van der Waals surface area contributed by atoms with Gasteiger partial charge >= 0.3 is 5.97 Å². The van der Waals surface area contributed by atoms with E-state index in [9.17, 15) is 14.7 Å². The molecule has 0 aromatic carbocycles. The summed E-state index contributed by atoms with van der Waals surface area (Å²) in [6.45, 7) is -0.0231. The van der Waals surface area contributed by atoms with Gasteiger partial charge in [0.1, 0.15) is 0 Å². The third-order valence-corrected chi connectivity index (χ3v) is 4.99. The van der Waals surface area contributed by atoms with E-state index in [0.717, 1.165) is 51.4 Å². The molecular weight excluding hydrogens is 258 g/mol. The van der Waals surface area contributed by atoms with Crippen molar-refractivity contribution in [3.8, 4) is 0 Å². The number of nitrogens with one attached hydrogen (secondary N) is 1. The van der Waals surface area contributed by atoms with Crippen LogP contribution in [0, 0.1) is 5.41 Å². The van der Waals surface area contributed by atoms with E-state index in [0.29, 0.717) is 0 Å². The topological polar surface area (TPSA) is 86.6 Å². The van der Waals surface area contributed by atoms with Gasteiger partial charge in [-0.2, -0.15) is 0 Å². The minimum absolute atomic E-state index is 0.0231. The Kier molecular flexibility index (Phi) is 4.68. The molecule has 2 rings (SSSR count). The summed E-state index contributed by atoms with van der Waals surface area (Å²) in [5.41, 5.74) is -0.815. The fourth-order valence-corrected chi connectivity index (χ4v) is 3.65. The van der Waals surface area contributed by atoms with E-state index in [1.54, 1.807) is 0 Å². The van der Waals surface area contributed by atoms with Crippen LogP contribution in [-0.4, -0.2) is 34.2 Å². The monoisotopic (exact) mass is 283 g/mol. The van der Waals surface area contributed by atoms with Crippen LogP contribution in [0.15, 0.2) is 0 Å². The normalized spacial score (nSPS) is 23.6. The Hall–Kier alpha value is -1.10. The first-order valence-corrected chi connectivity index (χ1v) is 7.63. The lowest BCUT2D eigenvalue weighted by atomic mass is 9.69. The van der Waals surface area contributed by atoms with Crippen molar-refractivity contribution < 1.29 is 19.8 Å². The molecule has 0 bridgehead atoms. The van der Waals surface area contributed by atoms with Gasteiger partial charge in [-0.05, 0) is 37.5 Å². The van der Waals surface area contributed by atoms with E-state index < -0.39 is 11.5 Å². The predicted molar refractivity (Wildman–Crippen MR) is 74.2 cm³/mol. The second-order valence-electron chi connectivity index (χ2n) is 6.65. The quantitative estimate of drug-likeness (QED) is 0.694. The highest BCUT2D eigenvalue weighted by molar-refractivity contribution is 5.79.